The van der Waals surface area contributed by atoms with Gasteiger partial charge in [-0.25, -0.2) is 8.78 Å². The minimum Gasteiger partial charge on any atom is -0.387 e. The Morgan fingerprint density at radius 3 is 2.81 bits per heavy atom. The predicted octanol–water partition coefficient (Wildman–Crippen LogP) is 2.05. The molecule has 1 atom stereocenters. The van der Waals surface area contributed by atoms with Gasteiger partial charge in [0.25, 0.3) is 0 Å². The minimum atomic E-state index is -1.02. The first-order valence-corrected chi connectivity index (χ1v) is 5.33. The van der Waals surface area contributed by atoms with E-state index < -0.39 is 17.2 Å². The lowest BCUT2D eigenvalue weighted by Crippen LogP contribution is -2.40. The SMILES string of the molecule is OC1(Cc2ccc(F)cc2F)CCCOC1. The summed E-state index contributed by atoms with van der Waals surface area (Å²) in [6.45, 7) is 0.845. The molecule has 88 valence electrons. The van der Waals surface area contributed by atoms with Gasteiger partial charge in [0.1, 0.15) is 11.6 Å². The van der Waals surface area contributed by atoms with Gasteiger partial charge in [0.05, 0.1) is 12.2 Å². The van der Waals surface area contributed by atoms with Crippen molar-refractivity contribution in [2.75, 3.05) is 13.2 Å². The first kappa shape index (κ1) is 11.5. The van der Waals surface area contributed by atoms with Crippen LogP contribution in [0.3, 0.4) is 0 Å². The number of hydrogen-bond acceptors (Lipinski definition) is 2. The molecule has 1 saturated heterocycles. The van der Waals surface area contributed by atoms with E-state index >= 15 is 0 Å². The lowest BCUT2D eigenvalue weighted by Gasteiger charge is -2.32. The minimum absolute atomic E-state index is 0.166. The van der Waals surface area contributed by atoms with Gasteiger partial charge in [-0.05, 0) is 24.5 Å². The van der Waals surface area contributed by atoms with E-state index in [1.807, 2.05) is 0 Å². The van der Waals surface area contributed by atoms with Gasteiger partial charge in [0, 0.05) is 19.1 Å². The molecule has 0 spiro atoms. The third-order valence-corrected chi connectivity index (χ3v) is 2.84. The molecule has 1 aromatic rings. The van der Waals surface area contributed by atoms with Gasteiger partial charge in [-0.2, -0.15) is 0 Å². The zero-order valence-corrected chi connectivity index (χ0v) is 8.88. The van der Waals surface area contributed by atoms with Crippen LogP contribution >= 0.6 is 0 Å². The van der Waals surface area contributed by atoms with Crippen molar-refractivity contribution in [3.63, 3.8) is 0 Å². The number of hydrogen-bond donors (Lipinski definition) is 1. The Balaban J connectivity index is 2.13. The van der Waals surface area contributed by atoms with Crippen LogP contribution in [0.1, 0.15) is 18.4 Å². The van der Waals surface area contributed by atoms with Crippen LogP contribution in [0.15, 0.2) is 18.2 Å². The van der Waals surface area contributed by atoms with E-state index in [1.165, 1.54) is 12.1 Å². The average Bonchev–Trinajstić information content (AvgIpc) is 2.23. The van der Waals surface area contributed by atoms with Gasteiger partial charge in [0.2, 0.25) is 0 Å². The van der Waals surface area contributed by atoms with Gasteiger partial charge in [0.15, 0.2) is 0 Å². The highest BCUT2D eigenvalue weighted by atomic mass is 19.1. The smallest absolute Gasteiger partial charge is 0.129 e. The molecule has 2 nitrogen and oxygen atoms in total. The van der Waals surface area contributed by atoms with Crippen molar-refractivity contribution in [2.24, 2.45) is 0 Å². The zero-order chi connectivity index (χ0) is 11.6. The Bertz CT molecular complexity index is 373. The summed E-state index contributed by atoms with van der Waals surface area (Å²) in [6.07, 6.45) is 1.52. The molecular formula is C12H14F2O2. The van der Waals surface area contributed by atoms with Crippen molar-refractivity contribution >= 4 is 0 Å². The number of ether oxygens (including phenoxy) is 1. The summed E-state index contributed by atoms with van der Waals surface area (Å²) in [5, 5.41) is 10.1. The van der Waals surface area contributed by atoms with Crippen LogP contribution in [-0.2, 0) is 11.2 Å². The van der Waals surface area contributed by atoms with E-state index in [0.717, 1.165) is 12.5 Å². The highest BCUT2D eigenvalue weighted by molar-refractivity contribution is 5.20. The number of halogens is 2. The molecule has 4 heteroatoms. The van der Waals surface area contributed by atoms with E-state index in [1.54, 1.807) is 0 Å². The van der Waals surface area contributed by atoms with Crippen LogP contribution in [0.5, 0.6) is 0 Å². The summed E-state index contributed by atoms with van der Waals surface area (Å²) >= 11 is 0. The van der Waals surface area contributed by atoms with Crippen LogP contribution < -0.4 is 0 Å². The maximum atomic E-state index is 13.4. The second-order valence-electron chi connectivity index (χ2n) is 4.29. The fraction of sp³-hybridized carbons (Fsp3) is 0.500. The van der Waals surface area contributed by atoms with Gasteiger partial charge in [-0.15, -0.1) is 0 Å². The maximum absolute atomic E-state index is 13.4. The van der Waals surface area contributed by atoms with Crippen molar-refractivity contribution in [2.45, 2.75) is 24.9 Å². The number of benzene rings is 1. The van der Waals surface area contributed by atoms with Crippen LogP contribution in [0, 0.1) is 11.6 Å². The predicted molar refractivity (Wildman–Crippen MR) is 55.1 cm³/mol. The molecule has 0 bridgehead atoms. The molecule has 16 heavy (non-hydrogen) atoms. The van der Waals surface area contributed by atoms with Crippen molar-refractivity contribution in [1.82, 2.24) is 0 Å². The summed E-state index contributed by atoms with van der Waals surface area (Å²) < 4.78 is 31.3. The third kappa shape index (κ3) is 2.57. The molecule has 1 heterocycles. The van der Waals surface area contributed by atoms with E-state index in [0.29, 0.717) is 18.6 Å². The van der Waals surface area contributed by atoms with E-state index in [2.05, 4.69) is 0 Å². The highest BCUT2D eigenvalue weighted by Crippen LogP contribution is 2.25. The number of rotatable bonds is 2. The Morgan fingerprint density at radius 1 is 1.38 bits per heavy atom. The van der Waals surface area contributed by atoms with Crippen LogP contribution in [-0.4, -0.2) is 23.9 Å². The molecule has 1 aliphatic rings. The summed E-state index contributed by atoms with van der Waals surface area (Å²) in [7, 11) is 0. The Hall–Kier alpha value is -1.00. The fourth-order valence-electron chi connectivity index (χ4n) is 2.00. The topological polar surface area (TPSA) is 29.5 Å². The molecule has 1 aliphatic heterocycles. The fourth-order valence-corrected chi connectivity index (χ4v) is 2.00. The molecule has 0 saturated carbocycles. The quantitative estimate of drug-likeness (QED) is 0.839. The second-order valence-corrected chi connectivity index (χ2v) is 4.29. The van der Waals surface area contributed by atoms with Crippen LogP contribution in [0.4, 0.5) is 8.78 Å². The van der Waals surface area contributed by atoms with Crippen molar-refractivity contribution in [3.05, 3.63) is 35.4 Å². The monoisotopic (exact) mass is 228 g/mol. The zero-order valence-electron chi connectivity index (χ0n) is 8.88. The van der Waals surface area contributed by atoms with Gasteiger partial charge < -0.3 is 9.84 Å². The van der Waals surface area contributed by atoms with Crippen molar-refractivity contribution in [3.8, 4) is 0 Å². The average molecular weight is 228 g/mol. The highest BCUT2D eigenvalue weighted by Gasteiger charge is 2.31. The maximum Gasteiger partial charge on any atom is 0.129 e. The molecule has 1 fully saturated rings. The summed E-state index contributed by atoms with van der Waals surface area (Å²) in [5.74, 6) is -1.22. The standard InChI is InChI=1S/C12H14F2O2/c13-10-3-2-9(11(14)6-10)7-12(15)4-1-5-16-8-12/h2-3,6,15H,1,4-5,7-8H2. The number of aliphatic hydroxyl groups is 1. The Kier molecular flexibility index (Phi) is 3.21. The van der Waals surface area contributed by atoms with Crippen molar-refractivity contribution < 1.29 is 18.6 Å². The molecule has 1 aromatic carbocycles. The summed E-state index contributed by atoms with van der Waals surface area (Å²) in [5.41, 5.74) is -0.689. The second kappa shape index (κ2) is 4.47. The molecular weight excluding hydrogens is 214 g/mol. The van der Waals surface area contributed by atoms with Gasteiger partial charge in [-0.1, -0.05) is 6.07 Å². The van der Waals surface area contributed by atoms with Crippen LogP contribution in [0.25, 0.3) is 0 Å². The normalized spacial score (nSPS) is 25.7. The van der Waals surface area contributed by atoms with E-state index in [4.69, 9.17) is 4.74 Å². The third-order valence-electron chi connectivity index (χ3n) is 2.84. The molecule has 0 radical (unpaired) electrons. The molecule has 2 rings (SSSR count). The Labute approximate surface area is 92.9 Å². The first-order valence-electron chi connectivity index (χ1n) is 5.33. The first-order chi connectivity index (χ1) is 7.59. The lowest BCUT2D eigenvalue weighted by atomic mass is 9.89. The van der Waals surface area contributed by atoms with Crippen molar-refractivity contribution in [1.29, 1.82) is 0 Å². The van der Waals surface area contributed by atoms with E-state index in [-0.39, 0.29) is 13.0 Å². The summed E-state index contributed by atoms with van der Waals surface area (Å²) in [6, 6.07) is 3.41. The molecule has 1 N–H and O–H groups in total. The largest absolute Gasteiger partial charge is 0.387 e. The van der Waals surface area contributed by atoms with Gasteiger partial charge in [-0.3, -0.25) is 0 Å². The molecule has 0 amide bonds. The summed E-state index contributed by atoms with van der Waals surface area (Å²) in [4.78, 5) is 0. The van der Waals surface area contributed by atoms with E-state index in [9.17, 15) is 13.9 Å². The molecule has 1 unspecified atom stereocenters. The molecule has 0 aromatic heterocycles. The lowest BCUT2D eigenvalue weighted by molar-refractivity contribution is -0.0848. The Morgan fingerprint density at radius 2 is 2.19 bits per heavy atom. The molecule has 0 aliphatic carbocycles. The van der Waals surface area contributed by atoms with Crippen LogP contribution in [0.2, 0.25) is 0 Å². The van der Waals surface area contributed by atoms with Gasteiger partial charge >= 0.3 is 0 Å².